The SMILES string of the molecule is CN(CC(=O)N1CCN(Cc2cccc(O)c2)CC1)C(N)=O. The number of nitrogens with zero attached hydrogens (tertiary/aromatic N) is 3. The van der Waals surface area contributed by atoms with E-state index < -0.39 is 6.03 Å². The van der Waals surface area contributed by atoms with Crippen molar-refractivity contribution in [3.63, 3.8) is 0 Å². The number of benzene rings is 1. The first-order chi connectivity index (χ1) is 10.5. The van der Waals surface area contributed by atoms with Gasteiger partial charge in [-0.25, -0.2) is 4.79 Å². The molecule has 1 fully saturated rings. The van der Waals surface area contributed by atoms with Crippen LogP contribution in [0.3, 0.4) is 0 Å². The second kappa shape index (κ2) is 7.13. The third-order valence-corrected chi connectivity index (χ3v) is 3.79. The van der Waals surface area contributed by atoms with Crippen molar-refractivity contribution in [2.45, 2.75) is 6.54 Å². The zero-order valence-corrected chi connectivity index (χ0v) is 12.7. The van der Waals surface area contributed by atoms with Crippen LogP contribution in [0, 0.1) is 0 Å². The summed E-state index contributed by atoms with van der Waals surface area (Å²) in [5.74, 6) is 0.180. The van der Waals surface area contributed by atoms with E-state index in [4.69, 9.17) is 5.73 Å². The summed E-state index contributed by atoms with van der Waals surface area (Å²) in [4.78, 5) is 28.2. The van der Waals surface area contributed by atoms with Crippen molar-refractivity contribution in [2.24, 2.45) is 5.73 Å². The molecule has 1 aromatic carbocycles. The van der Waals surface area contributed by atoms with Gasteiger partial charge in [-0.3, -0.25) is 9.69 Å². The number of hydrogen-bond acceptors (Lipinski definition) is 4. The number of carbonyl (C=O) groups excluding carboxylic acids is 2. The Morgan fingerprint density at radius 3 is 2.55 bits per heavy atom. The minimum absolute atomic E-state index is 0.0158. The van der Waals surface area contributed by atoms with Crippen LogP contribution in [0.5, 0.6) is 5.75 Å². The van der Waals surface area contributed by atoms with Crippen molar-refractivity contribution in [1.29, 1.82) is 0 Å². The largest absolute Gasteiger partial charge is 0.508 e. The molecule has 0 unspecified atom stereocenters. The Morgan fingerprint density at radius 2 is 1.95 bits per heavy atom. The van der Waals surface area contributed by atoms with Crippen LogP contribution in [0.25, 0.3) is 0 Å². The molecule has 1 aromatic rings. The smallest absolute Gasteiger partial charge is 0.314 e. The lowest BCUT2D eigenvalue weighted by Crippen LogP contribution is -2.51. The van der Waals surface area contributed by atoms with Crippen LogP contribution in [0.15, 0.2) is 24.3 Å². The highest BCUT2D eigenvalue weighted by molar-refractivity contribution is 5.83. The molecule has 1 aliphatic heterocycles. The minimum atomic E-state index is -0.601. The van der Waals surface area contributed by atoms with Crippen LogP contribution in [0.1, 0.15) is 5.56 Å². The molecule has 0 saturated carbocycles. The predicted molar refractivity (Wildman–Crippen MR) is 82.2 cm³/mol. The fraction of sp³-hybridized carbons (Fsp3) is 0.467. The van der Waals surface area contributed by atoms with Crippen molar-refractivity contribution in [2.75, 3.05) is 39.8 Å². The van der Waals surface area contributed by atoms with E-state index in [2.05, 4.69) is 4.90 Å². The van der Waals surface area contributed by atoms with Crippen molar-refractivity contribution >= 4 is 11.9 Å². The first-order valence-corrected chi connectivity index (χ1v) is 7.24. The van der Waals surface area contributed by atoms with Gasteiger partial charge in [-0.05, 0) is 17.7 Å². The Labute approximate surface area is 129 Å². The Bertz CT molecular complexity index is 541. The second-order valence-electron chi connectivity index (χ2n) is 5.52. The molecule has 3 N–H and O–H groups in total. The summed E-state index contributed by atoms with van der Waals surface area (Å²) in [6, 6.07) is 6.59. The quantitative estimate of drug-likeness (QED) is 0.822. The minimum Gasteiger partial charge on any atom is -0.508 e. The summed E-state index contributed by atoms with van der Waals surface area (Å²) < 4.78 is 0. The maximum absolute atomic E-state index is 12.0. The van der Waals surface area contributed by atoms with Gasteiger partial charge in [-0.2, -0.15) is 0 Å². The summed E-state index contributed by atoms with van der Waals surface area (Å²) in [5, 5.41) is 9.47. The molecule has 7 nitrogen and oxygen atoms in total. The lowest BCUT2D eigenvalue weighted by Gasteiger charge is -2.35. The second-order valence-corrected chi connectivity index (χ2v) is 5.52. The highest BCUT2D eigenvalue weighted by Gasteiger charge is 2.22. The number of nitrogens with two attached hydrogens (primary N) is 1. The fourth-order valence-corrected chi connectivity index (χ4v) is 2.45. The third-order valence-electron chi connectivity index (χ3n) is 3.79. The number of amides is 3. The number of carbonyl (C=O) groups is 2. The molecule has 0 atom stereocenters. The molecule has 1 saturated heterocycles. The molecule has 0 spiro atoms. The van der Waals surface area contributed by atoms with E-state index in [0.717, 1.165) is 25.2 Å². The summed E-state index contributed by atoms with van der Waals surface area (Å²) >= 11 is 0. The van der Waals surface area contributed by atoms with Crippen LogP contribution in [0.4, 0.5) is 4.79 Å². The van der Waals surface area contributed by atoms with Crippen LogP contribution in [-0.4, -0.2) is 71.5 Å². The molecule has 7 heteroatoms. The molecule has 0 bridgehead atoms. The average molecular weight is 306 g/mol. The maximum Gasteiger partial charge on any atom is 0.314 e. The van der Waals surface area contributed by atoms with Crippen molar-refractivity contribution in [3.05, 3.63) is 29.8 Å². The monoisotopic (exact) mass is 306 g/mol. The topological polar surface area (TPSA) is 90.1 Å². The molecule has 120 valence electrons. The summed E-state index contributed by atoms with van der Waals surface area (Å²) in [5.41, 5.74) is 6.17. The molecule has 2 rings (SSSR count). The van der Waals surface area contributed by atoms with Gasteiger partial charge < -0.3 is 20.6 Å². The molecule has 1 heterocycles. The molecule has 1 aliphatic rings. The Kier molecular flexibility index (Phi) is 5.21. The van der Waals surface area contributed by atoms with Gasteiger partial charge in [0, 0.05) is 39.8 Å². The van der Waals surface area contributed by atoms with Gasteiger partial charge in [0.15, 0.2) is 0 Å². The van der Waals surface area contributed by atoms with Gasteiger partial charge in [0.1, 0.15) is 12.3 Å². The van der Waals surface area contributed by atoms with E-state index >= 15 is 0 Å². The highest BCUT2D eigenvalue weighted by atomic mass is 16.3. The summed E-state index contributed by atoms with van der Waals surface area (Å²) in [6.07, 6.45) is 0. The van der Waals surface area contributed by atoms with E-state index in [1.165, 1.54) is 11.9 Å². The Balaban J connectivity index is 1.80. The van der Waals surface area contributed by atoms with Gasteiger partial charge in [0.2, 0.25) is 5.91 Å². The molecule has 0 aromatic heterocycles. The number of piperazine rings is 1. The summed E-state index contributed by atoms with van der Waals surface area (Å²) in [7, 11) is 1.51. The standard InChI is InChI=1S/C15H22N4O3/c1-17(15(16)22)11-14(21)19-7-5-18(6-8-19)10-12-3-2-4-13(20)9-12/h2-4,9,20H,5-8,10-11H2,1H3,(H2,16,22). The van der Waals surface area contributed by atoms with Gasteiger partial charge in [-0.15, -0.1) is 0 Å². The normalized spacial score (nSPS) is 15.6. The number of rotatable bonds is 4. The lowest BCUT2D eigenvalue weighted by atomic mass is 10.2. The zero-order valence-electron chi connectivity index (χ0n) is 12.7. The maximum atomic E-state index is 12.0. The summed E-state index contributed by atoms with van der Waals surface area (Å²) in [6.45, 7) is 3.55. The molecular formula is C15H22N4O3. The van der Waals surface area contributed by atoms with Crippen LogP contribution >= 0.6 is 0 Å². The number of primary amides is 1. The number of aromatic hydroxyl groups is 1. The van der Waals surface area contributed by atoms with E-state index in [0.29, 0.717) is 13.1 Å². The van der Waals surface area contributed by atoms with Crippen molar-refractivity contribution < 1.29 is 14.7 Å². The van der Waals surface area contributed by atoms with E-state index in [1.54, 1.807) is 17.0 Å². The number of likely N-dealkylation sites (N-methyl/N-ethyl adjacent to an activating group) is 1. The third kappa shape index (κ3) is 4.36. The average Bonchev–Trinajstić information content (AvgIpc) is 2.47. The molecule has 0 aliphatic carbocycles. The van der Waals surface area contributed by atoms with Gasteiger partial charge in [0.05, 0.1) is 0 Å². The van der Waals surface area contributed by atoms with Gasteiger partial charge in [0.25, 0.3) is 0 Å². The predicted octanol–water partition coefficient (Wildman–Crippen LogP) is 0.0469. The Morgan fingerprint density at radius 1 is 1.27 bits per heavy atom. The van der Waals surface area contributed by atoms with Crippen LogP contribution in [0.2, 0.25) is 0 Å². The van der Waals surface area contributed by atoms with Crippen molar-refractivity contribution in [3.8, 4) is 5.75 Å². The van der Waals surface area contributed by atoms with E-state index in [-0.39, 0.29) is 18.2 Å². The van der Waals surface area contributed by atoms with Crippen molar-refractivity contribution in [1.82, 2.24) is 14.7 Å². The lowest BCUT2D eigenvalue weighted by molar-refractivity contribution is -0.133. The number of phenolic OH excluding ortho intramolecular Hbond substituents is 1. The van der Waals surface area contributed by atoms with Crippen LogP contribution < -0.4 is 5.73 Å². The highest BCUT2D eigenvalue weighted by Crippen LogP contribution is 2.14. The first-order valence-electron chi connectivity index (χ1n) is 7.24. The molecular weight excluding hydrogens is 284 g/mol. The fourth-order valence-electron chi connectivity index (χ4n) is 2.45. The van der Waals surface area contributed by atoms with E-state index in [9.17, 15) is 14.7 Å². The van der Waals surface area contributed by atoms with E-state index in [1.807, 2.05) is 12.1 Å². The van der Waals surface area contributed by atoms with Crippen LogP contribution in [-0.2, 0) is 11.3 Å². The zero-order chi connectivity index (χ0) is 16.1. The molecule has 0 radical (unpaired) electrons. The van der Waals surface area contributed by atoms with Gasteiger partial charge >= 0.3 is 6.03 Å². The molecule has 22 heavy (non-hydrogen) atoms. The number of phenols is 1. The first kappa shape index (κ1) is 16.1. The van der Waals surface area contributed by atoms with Gasteiger partial charge in [-0.1, -0.05) is 12.1 Å². The molecule has 3 amide bonds. The number of hydrogen-bond donors (Lipinski definition) is 2. The number of urea groups is 1. The Hall–Kier alpha value is -2.28.